The molecule has 1 fully saturated rings. The van der Waals surface area contributed by atoms with Gasteiger partial charge in [0.05, 0.1) is 0 Å². The average Bonchev–Trinajstić information content (AvgIpc) is 2.37. The van der Waals surface area contributed by atoms with Gasteiger partial charge in [0.15, 0.2) is 0 Å². The maximum absolute atomic E-state index is 10.5. The molecule has 0 spiro atoms. The Bertz CT molecular complexity index is 499. The predicted octanol–water partition coefficient (Wildman–Crippen LogP) is 3.78. The van der Waals surface area contributed by atoms with E-state index in [2.05, 4.69) is 39.9 Å². The predicted molar refractivity (Wildman–Crippen MR) is 81.4 cm³/mol. The lowest BCUT2D eigenvalue weighted by Crippen LogP contribution is -2.34. The minimum Gasteiger partial charge on any atom is -0.478 e. The van der Waals surface area contributed by atoms with Crippen LogP contribution in [-0.2, 0) is 4.79 Å². The summed E-state index contributed by atoms with van der Waals surface area (Å²) < 4.78 is 0.931. The minimum atomic E-state index is -0.930. The smallest absolute Gasteiger partial charge is 0.328 e. The summed E-state index contributed by atoms with van der Waals surface area (Å²) >= 11 is 3.51. The Morgan fingerprint density at radius 2 is 2.32 bits per heavy atom. The molecule has 0 bridgehead atoms. The molecular formula is C15H18BrNO2. The summed E-state index contributed by atoms with van der Waals surface area (Å²) in [6, 6.07) is 6.09. The topological polar surface area (TPSA) is 40.5 Å². The molecule has 4 heteroatoms. The fraction of sp³-hybridized carbons (Fsp3) is 0.400. The number of hydrogen-bond donors (Lipinski definition) is 1. The largest absolute Gasteiger partial charge is 0.478 e. The van der Waals surface area contributed by atoms with Gasteiger partial charge in [-0.05, 0) is 42.5 Å². The molecule has 1 atom stereocenters. The maximum atomic E-state index is 10.5. The summed E-state index contributed by atoms with van der Waals surface area (Å²) in [7, 11) is 0. The zero-order chi connectivity index (χ0) is 13.8. The number of carboxylic acid groups (broad SMARTS) is 1. The molecule has 2 rings (SSSR count). The maximum Gasteiger partial charge on any atom is 0.328 e. The summed E-state index contributed by atoms with van der Waals surface area (Å²) in [4.78, 5) is 12.9. The Labute approximate surface area is 122 Å². The zero-order valence-electron chi connectivity index (χ0n) is 11.0. The lowest BCUT2D eigenvalue weighted by Gasteiger charge is -2.33. The number of anilines is 1. The fourth-order valence-corrected chi connectivity index (χ4v) is 2.93. The van der Waals surface area contributed by atoms with Crippen LogP contribution < -0.4 is 4.90 Å². The summed E-state index contributed by atoms with van der Waals surface area (Å²) in [6.45, 7) is 4.48. The number of nitrogens with zero attached hydrogens (tertiary/aromatic N) is 1. The van der Waals surface area contributed by atoms with E-state index in [0.717, 1.165) is 35.1 Å². The van der Waals surface area contributed by atoms with Crippen LogP contribution in [-0.4, -0.2) is 24.2 Å². The van der Waals surface area contributed by atoms with Crippen LogP contribution in [0.3, 0.4) is 0 Å². The SMILES string of the molecule is CC1CCCN(c2ccc(/C=C/C(=O)O)c(Br)c2)C1. The van der Waals surface area contributed by atoms with E-state index in [9.17, 15) is 4.79 Å². The molecule has 102 valence electrons. The first-order chi connectivity index (χ1) is 9.06. The van der Waals surface area contributed by atoms with Crippen molar-refractivity contribution >= 4 is 33.7 Å². The molecule has 0 amide bonds. The van der Waals surface area contributed by atoms with Crippen molar-refractivity contribution in [3.63, 3.8) is 0 Å². The second kappa shape index (κ2) is 6.24. The third kappa shape index (κ3) is 3.83. The Balaban J connectivity index is 2.16. The van der Waals surface area contributed by atoms with Crippen LogP contribution in [0.2, 0.25) is 0 Å². The second-order valence-electron chi connectivity index (χ2n) is 5.07. The van der Waals surface area contributed by atoms with Crippen molar-refractivity contribution in [3.8, 4) is 0 Å². The van der Waals surface area contributed by atoms with Gasteiger partial charge in [-0.15, -0.1) is 0 Å². The minimum absolute atomic E-state index is 0.735. The zero-order valence-corrected chi connectivity index (χ0v) is 12.6. The van der Waals surface area contributed by atoms with E-state index in [1.165, 1.54) is 18.5 Å². The first-order valence-corrected chi connectivity index (χ1v) is 7.31. The molecule has 3 nitrogen and oxygen atoms in total. The number of halogens is 1. The first-order valence-electron chi connectivity index (χ1n) is 6.52. The molecule has 0 radical (unpaired) electrons. The van der Waals surface area contributed by atoms with Crippen molar-refractivity contribution in [2.24, 2.45) is 5.92 Å². The molecule has 1 N–H and O–H groups in total. The van der Waals surface area contributed by atoms with Crippen LogP contribution in [0.5, 0.6) is 0 Å². The molecule has 19 heavy (non-hydrogen) atoms. The van der Waals surface area contributed by atoms with Crippen LogP contribution in [0.25, 0.3) is 6.08 Å². The Morgan fingerprint density at radius 3 is 2.95 bits per heavy atom. The molecule has 1 unspecified atom stereocenters. The monoisotopic (exact) mass is 323 g/mol. The summed E-state index contributed by atoms with van der Waals surface area (Å²) in [5.41, 5.74) is 2.09. The van der Waals surface area contributed by atoms with E-state index >= 15 is 0 Å². The van der Waals surface area contributed by atoms with Gasteiger partial charge >= 0.3 is 5.97 Å². The third-order valence-corrected chi connectivity index (χ3v) is 4.10. The van der Waals surface area contributed by atoms with E-state index in [4.69, 9.17) is 5.11 Å². The quantitative estimate of drug-likeness (QED) is 0.860. The molecule has 1 heterocycles. The average molecular weight is 324 g/mol. The van der Waals surface area contributed by atoms with E-state index in [1.807, 2.05) is 6.07 Å². The Kier molecular flexibility index (Phi) is 4.64. The summed E-state index contributed by atoms with van der Waals surface area (Å²) in [6.07, 6.45) is 5.30. The first kappa shape index (κ1) is 14.1. The van der Waals surface area contributed by atoms with E-state index < -0.39 is 5.97 Å². The van der Waals surface area contributed by atoms with Gasteiger partial charge in [-0.25, -0.2) is 4.79 Å². The Morgan fingerprint density at radius 1 is 1.53 bits per heavy atom. The van der Waals surface area contributed by atoms with E-state index in [-0.39, 0.29) is 0 Å². The van der Waals surface area contributed by atoms with Crippen LogP contribution in [0.4, 0.5) is 5.69 Å². The van der Waals surface area contributed by atoms with Gasteiger partial charge in [-0.1, -0.05) is 28.9 Å². The summed E-state index contributed by atoms with van der Waals surface area (Å²) in [5.74, 6) is -0.194. The number of carbonyl (C=O) groups is 1. The number of rotatable bonds is 3. The fourth-order valence-electron chi connectivity index (χ4n) is 2.43. The van der Waals surface area contributed by atoms with Crippen LogP contribution in [0.15, 0.2) is 28.7 Å². The van der Waals surface area contributed by atoms with Crippen molar-refractivity contribution in [1.29, 1.82) is 0 Å². The number of aliphatic carboxylic acids is 1. The third-order valence-electron chi connectivity index (χ3n) is 3.41. The normalized spacial score (nSPS) is 19.9. The molecular weight excluding hydrogens is 306 g/mol. The second-order valence-corrected chi connectivity index (χ2v) is 5.93. The highest BCUT2D eigenvalue weighted by Gasteiger charge is 2.16. The van der Waals surface area contributed by atoms with Gasteiger partial charge in [0, 0.05) is 29.3 Å². The van der Waals surface area contributed by atoms with Gasteiger partial charge in [0.2, 0.25) is 0 Å². The van der Waals surface area contributed by atoms with E-state index in [0.29, 0.717) is 0 Å². The van der Waals surface area contributed by atoms with Gasteiger partial charge in [-0.3, -0.25) is 0 Å². The van der Waals surface area contributed by atoms with Gasteiger partial charge in [0.25, 0.3) is 0 Å². The highest BCUT2D eigenvalue weighted by molar-refractivity contribution is 9.10. The summed E-state index contributed by atoms with van der Waals surface area (Å²) in [5, 5.41) is 8.64. The van der Waals surface area contributed by atoms with Crippen LogP contribution in [0.1, 0.15) is 25.3 Å². The molecule has 0 aliphatic carbocycles. The molecule has 1 aliphatic rings. The van der Waals surface area contributed by atoms with Crippen molar-refractivity contribution in [1.82, 2.24) is 0 Å². The molecule has 0 aromatic heterocycles. The lowest BCUT2D eigenvalue weighted by atomic mass is 9.99. The van der Waals surface area contributed by atoms with Crippen molar-refractivity contribution < 1.29 is 9.90 Å². The van der Waals surface area contributed by atoms with Gasteiger partial charge in [-0.2, -0.15) is 0 Å². The molecule has 1 saturated heterocycles. The molecule has 0 saturated carbocycles. The number of carboxylic acids is 1. The lowest BCUT2D eigenvalue weighted by molar-refractivity contribution is -0.131. The molecule has 1 aromatic rings. The van der Waals surface area contributed by atoms with Crippen molar-refractivity contribution in [2.45, 2.75) is 19.8 Å². The number of hydrogen-bond acceptors (Lipinski definition) is 2. The number of benzene rings is 1. The highest BCUT2D eigenvalue weighted by Crippen LogP contribution is 2.28. The van der Waals surface area contributed by atoms with Crippen molar-refractivity contribution in [2.75, 3.05) is 18.0 Å². The molecule has 1 aliphatic heterocycles. The van der Waals surface area contributed by atoms with Gasteiger partial charge in [0.1, 0.15) is 0 Å². The van der Waals surface area contributed by atoms with E-state index in [1.54, 1.807) is 6.08 Å². The molecule has 1 aromatic carbocycles. The highest BCUT2D eigenvalue weighted by atomic mass is 79.9. The Hall–Kier alpha value is -1.29. The van der Waals surface area contributed by atoms with Crippen molar-refractivity contribution in [3.05, 3.63) is 34.3 Å². The van der Waals surface area contributed by atoms with Crippen LogP contribution >= 0.6 is 15.9 Å². The number of piperidine rings is 1. The van der Waals surface area contributed by atoms with Crippen LogP contribution in [0, 0.1) is 5.92 Å². The van der Waals surface area contributed by atoms with Gasteiger partial charge < -0.3 is 10.0 Å². The standard InChI is InChI=1S/C15H18BrNO2/c1-11-3-2-8-17(10-11)13-6-4-12(14(16)9-13)5-7-15(18)19/h4-7,9,11H,2-3,8,10H2,1H3,(H,18,19)/b7-5+.